The van der Waals surface area contributed by atoms with Gasteiger partial charge in [-0.05, 0) is 67.8 Å². The number of aliphatic hydroxyl groups is 2. The SMILES string of the molecule is C=C1[C@H](O)CC(=C/C=C2\CCC[C@]3(C)C(CC)CC[C@@H]23)C[C@H]1O. The second kappa shape index (κ2) is 6.57. The Labute approximate surface area is 141 Å². The van der Waals surface area contributed by atoms with Gasteiger partial charge in [0.05, 0.1) is 12.2 Å². The molecule has 3 rings (SSSR count). The molecule has 2 N–H and O–H groups in total. The van der Waals surface area contributed by atoms with Gasteiger partial charge in [-0.25, -0.2) is 0 Å². The molecule has 5 atom stereocenters. The van der Waals surface area contributed by atoms with E-state index in [1.54, 1.807) is 5.57 Å². The molecule has 3 fully saturated rings. The summed E-state index contributed by atoms with van der Waals surface area (Å²) in [5, 5.41) is 20.0. The first-order valence-corrected chi connectivity index (χ1v) is 9.39. The molecule has 128 valence electrons. The zero-order valence-electron chi connectivity index (χ0n) is 14.7. The number of hydrogen-bond acceptors (Lipinski definition) is 2. The summed E-state index contributed by atoms with van der Waals surface area (Å²) in [7, 11) is 0. The van der Waals surface area contributed by atoms with Gasteiger partial charge in [-0.15, -0.1) is 0 Å². The molecule has 0 radical (unpaired) electrons. The Morgan fingerprint density at radius 2 is 1.87 bits per heavy atom. The quantitative estimate of drug-likeness (QED) is 0.734. The third-order valence-corrected chi connectivity index (χ3v) is 6.95. The number of aliphatic hydroxyl groups excluding tert-OH is 2. The van der Waals surface area contributed by atoms with Gasteiger partial charge in [0, 0.05) is 0 Å². The van der Waals surface area contributed by atoms with E-state index in [9.17, 15) is 10.2 Å². The van der Waals surface area contributed by atoms with Crippen molar-refractivity contribution in [2.75, 3.05) is 0 Å². The Balaban J connectivity index is 1.77. The van der Waals surface area contributed by atoms with Crippen LogP contribution in [0.4, 0.5) is 0 Å². The van der Waals surface area contributed by atoms with Crippen molar-refractivity contribution in [3.05, 3.63) is 35.5 Å². The molecule has 0 heterocycles. The van der Waals surface area contributed by atoms with Gasteiger partial charge in [-0.3, -0.25) is 0 Å². The maximum absolute atomic E-state index is 9.99. The summed E-state index contributed by atoms with van der Waals surface area (Å²) in [6.07, 6.45) is 12.5. The first kappa shape index (κ1) is 17.0. The van der Waals surface area contributed by atoms with Crippen LogP contribution in [0, 0.1) is 17.3 Å². The van der Waals surface area contributed by atoms with Crippen molar-refractivity contribution < 1.29 is 10.2 Å². The standard InChI is InChI=1S/C21H32O2/c1-4-17-9-10-18-16(6-5-11-21(17,18)3)8-7-15-12-19(22)14(2)20(23)13-15/h7-8,17-20,22-23H,2,4-6,9-13H2,1,3H3/b16-8+/t17?,18-,19+,20+,21+/m0/s1. The van der Waals surface area contributed by atoms with Gasteiger partial charge in [0.15, 0.2) is 0 Å². The van der Waals surface area contributed by atoms with E-state index in [1.165, 1.54) is 38.5 Å². The molecular formula is C21H32O2. The predicted octanol–water partition coefficient (Wildman–Crippen LogP) is 4.54. The van der Waals surface area contributed by atoms with E-state index in [0.29, 0.717) is 23.8 Å². The number of hydrogen-bond donors (Lipinski definition) is 2. The third kappa shape index (κ3) is 3.08. The van der Waals surface area contributed by atoms with Crippen LogP contribution in [-0.2, 0) is 0 Å². The number of rotatable bonds is 2. The normalized spacial score (nSPS) is 42.9. The summed E-state index contributed by atoms with van der Waals surface area (Å²) >= 11 is 0. The molecular weight excluding hydrogens is 284 g/mol. The predicted molar refractivity (Wildman–Crippen MR) is 95.0 cm³/mol. The fraction of sp³-hybridized carbons (Fsp3) is 0.714. The highest BCUT2D eigenvalue weighted by Crippen LogP contribution is 2.58. The van der Waals surface area contributed by atoms with Crippen molar-refractivity contribution in [2.24, 2.45) is 17.3 Å². The van der Waals surface area contributed by atoms with E-state index in [0.717, 1.165) is 17.4 Å². The summed E-state index contributed by atoms with van der Waals surface area (Å²) in [6, 6.07) is 0. The smallest absolute Gasteiger partial charge is 0.0809 e. The maximum atomic E-state index is 9.99. The molecule has 3 aliphatic carbocycles. The molecule has 3 aliphatic rings. The Hall–Kier alpha value is -0.860. The summed E-state index contributed by atoms with van der Waals surface area (Å²) in [4.78, 5) is 0. The van der Waals surface area contributed by atoms with Gasteiger partial charge in [0.2, 0.25) is 0 Å². The highest BCUT2D eigenvalue weighted by molar-refractivity contribution is 5.29. The van der Waals surface area contributed by atoms with Crippen molar-refractivity contribution >= 4 is 0 Å². The third-order valence-electron chi connectivity index (χ3n) is 6.95. The van der Waals surface area contributed by atoms with E-state index in [1.807, 2.05) is 0 Å². The minimum atomic E-state index is -0.587. The lowest BCUT2D eigenvalue weighted by atomic mass is 9.63. The van der Waals surface area contributed by atoms with Gasteiger partial charge >= 0.3 is 0 Å². The topological polar surface area (TPSA) is 40.5 Å². The highest BCUT2D eigenvalue weighted by atomic mass is 16.3. The number of allylic oxidation sites excluding steroid dienone is 3. The lowest BCUT2D eigenvalue weighted by Crippen LogP contribution is -2.33. The lowest BCUT2D eigenvalue weighted by molar-refractivity contribution is 0.123. The van der Waals surface area contributed by atoms with E-state index in [4.69, 9.17) is 0 Å². The second-order valence-electron chi connectivity index (χ2n) is 8.18. The van der Waals surface area contributed by atoms with Crippen LogP contribution in [0.15, 0.2) is 35.5 Å². The summed E-state index contributed by atoms with van der Waals surface area (Å²) in [6.45, 7) is 8.64. The average Bonchev–Trinajstić information content (AvgIpc) is 2.87. The molecule has 0 aliphatic heterocycles. The zero-order valence-corrected chi connectivity index (χ0v) is 14.7. The molecule has 2 nitrogen and oxygen atoms in total. The minimum Gasteiger partial charge on any atom is -0.388 e. The Kier molecular flexibility index (Phi) is 4.85. The van der Waals surface area contributed by atoms with Crippen LogP contribution in [0.5, 0.6) is 0 Å². The van der Waals surface area contributed by atoms with Crippen LogP contribution in [0.3, 0.4) is 0 Å². The molecule has 3 saturated carbocycles. The largest absolute Gasteiger partial charge is 0.388 e. The summed E-state index contributed by atoms with van der Waals surface area (Å²) in [5.74, 6) is 1.62. The maximum Gasteiger partial charge on any atom is 0.0809 e. The van der Waals surface area contributed by atoms with Crippen LogP contribution in [0.2, 0.25) is 0 Å². The van der Waals surface area contributed by atoms with Gasteiger partial charge < -0.3 is 10.2 Å². The Morgan fingerprint density at radius 1 is 1.17 bits per heavy atom. The molecule has 0 amide bonds. The monoisotopic (exact) mass is 316 g/mol. The van der Waals surface area contributed by atoms with Crippen LogP contribution >= 0.6 is 0 Å². The van der Waals surface area contributed by atoms with Crippen molar-refractivity contribution in [3.63, 3.8) is 0 Å². The average molecular weight is 316 g/mol. The van der Waals surface area contributed by atoms with Crippen LogP contribution < -0.4 is 0 Å². The fourth-order valence-electron chi connectivity index (χ4n) is 5.44. The molecule has 0 aromatic carbocycles. The molecule has 0 aromatic heterocycles. The van der Waals surface area contributed by atoms with Crippen LogP contribution in [-0.4, -0.2) is 22.4 Å². The van der Waals surface area contributed by atoms with E-state index in [-0.39, 0.29) is 0 Å². The van der Waals surface area contributed by atoms with Crippen LogP contribution in [0.25, 0.3) is 0 Å². The fourth-order valence-corrected chi connectivity index (χ4v) is 5.44. The van der Waals surface area contributed by atoms with Gasteiger partial charge in [-0.1, -0.05) is 50.1 Å². The molecule has 0 aromatic rings. The van der Waals surface area contributed by atoms with E-state index < -0.39 is 12.2 Å². The summed E-state index contributed by atoms with van der Waals surface area (Å²) in [5.41, 5.74) is 3.83. The van der Waals surface area contributed by atoms with E-state index in [2.05, 4.69) is 32.6 Å². The minimum absolute atomic E-state index is 0.497. The van der Waals surface area contributed by atoms with Crippen LogP contribution in [0.1, 0.15) is 65.2 Å². The van der Waals surface area contributed by atoms with Crippen molar-refractivity contribution in [1.29, 1.82) is 0 Å². The zero-order chi connectivity index (χ0) is 16.6. The Bertz CT molecular complexity index is 514. The highest BCUT2D eigenvalue weighted by Gasteiger charge is 2.48. The van der Waals surface area contributed by atoms with Crippen molar-refractivity contribution in [2.45, 2.75) is 77.4 Å². The lowest BCUT2D eigenvalue weighted by Gasteiger charge is -2.42. The molecule has 2 heteroatoms. The molecule has 23 heavy (non-hydrogen) atoms. The second-order valence-corrected chi connectivity index (χ2v) is 8.18. The van der Waals surface area contributed by atoms with Crippen molar-refractivity contribution in [3.8, 4) is 0 Å². The van der Waals surface area contributed by atoms with Gasteiger partial charge in [0.25, 0.3) is 0 Å². The molecule has 0 bridgehead atoms. The van der Waals surface area contributed by atoms with E-state index >= 15 is 0 Å². The number of fused-ring (bicyclic) bond motifs is 1. The first-order valence-electron chi connectivity index (χ1n) is 9.39. The first-order chi connectivity index (χ1) is 11.0. The molecule has 0 spiro atoms. The molecule has 0 saturated heterocycles. The summed E-state index contributed by atoms with van der Waals surface area (Å²) < 4.78 is 0. The van der Waals surface area contributed by atoms with Gasteiger partial charge in [-0.2, -0.15) is 0 Å². The Morgan fingerprint density at radius 3 is 2.52 bits per heavy atom. The van der Waals surface area contributed by atoms with Gasteiger partial charge in [0.1, 0.15) is 0 Å². The van der Waals surface area contributed by atoms with Crippen molar-refractivity contribution in [1.82, 2.24) is 0 Å². The molecule has 1 unspecified atom stereocenters.